The van der Waals surface area contributed by atoms with Crippen molar-refractivity contribution in [3.05, 3.63) is 24.0 Å². The quantitative estimate of drug-likeness (QED) is 0.427. The van der Waals surface area contributed by atoms with Gasteiger partial charge in [0.1, 0.15) is 19.3 Å². The van der Waals surface area contributed by atoms with Crippen LogP contribution in [0.15, 0.2) is 18.3 Å². The molecular formula is C19H28N2O6. The summed E-state index contributed by atoms with van der Waals surface area (Å²) in [6.07, 6.45) is 5.55. The Kier molecular flexibility index (Phi) is 6.64. The van der Waals surface area contributed by atoms with Crippen LogP contribution in [0.5, 0.6) is 5.75 Å². The van der Waals surface area contributed by atoms with Crippen molar-refractivity contribution in [2.45, 2.75) is 37.3 Å². The molecule has 0 aromatic carbocycles. The van der Waals surface area contributed by atoms with Crippen LogP contribution in [-0.4, -0.2) is 73.5 Å². The van der Waals surface area contributed by atoms with Crippen LogP contribution in [0, 0.1) is 5.92 Å². The third-order valence-corrected chi connectivity index (χ3v) is 5.14. The van der Waals surface area contributed by atoms with E-state index in [0.29, 0.717) is 12.3 Å². The summed E-state index contributed by atoms with van der Waals surface area (Å²) in [5, 5.41) is 9.83. The molecule has 1 aliphatic carbocycles. The monoisotopic (exact) mass is 380 g/mol. The Hall–Kier alpha value is -1.74. The number of hydrogen-bond acceptors (Lipinski definition) is 7. The van der Waals surface area contributed by atoms with Gasteiger partial charge in [0.2, 0.25) is 0 Å². The minimum Gasteiger partial charge on any atom is -0.493 e. The second kappa shape index (κ2) is 8.97. The predicted molar refractivity (Wildman–Crippen MR) is 96.1 cm³/mol. The molecule has 1 aromatic rings. The fourth-order valence-electron chi connectivity index (χ4n) is 3.47. The van der Waals surface area contributed by atoms with Crippen molar-refractivity contribution in [2.75, 3.05) is 41.0 Å². The fraction of sp³-hybridized carbons (Fsp3) is 0.684. The molecule has 27 heavy (non-hydrogen) atoms. The molecule has 2 fully saturated rings. The summed E-state index contributed by atoms with van der Waals surface area (Å²) in [6, 6.07) is 3.11. The number of likely N-dealkylation sites (tertiary alicyclic amines) is 1. The highest BCUT2D eigenvalue weighted by Gasteiger charge is 2.62. The third kappa shape index (κ3) is 4.40. The van der Waals surface area contributed by atoms with Crippen LogP contribution in [0.25, 0.3) is 0 Å². The first-order valence-electron chi connectivity index (χ1n) is 9.26. The zero-order chi connectivity index (χ0) is 19.3. The molecule has 8 heteroatoms. The number of aromatic nitrogens is 1. The normalized spacial score (nSPS) is 24.8. The third-order valence-electron chi connectivity index (χ3n) is 5.14. The lowest BCUT2D eigenvalue weighted by Crippen LogP contribution is -2.77. The molecule has 0 spiro atoms. The van der Waals surface area contributed by atoms with Crippen molar-refractivity contribution in [1.29, 1.82) is 0 Å². The van der Waals surface area contributed by atoms with E-state index in [-0.39, 0.29) is 32.5 Å². The van der Waals surface area contributed by atoms with E-state index >= 15 is 0 Å². The minimum atomic E-state index is -1.22. The standard InChI is InChI=1S/C19H28N2O6/c1-24-12-21-17(11-22)19(18(21)23,27-13-25-2)10-15-9-16(5-7-20-15)26-8-6-14-3-4-14/h5,7,9,14,17,22H,3-4,6,8,10-13H2,1-2H3. The van der Waals surface area contributed by atoms with Gasteiger partial charge in [-0.05, 0) is 18.4 Å². The topological polar surface area (TPSA) is 90.4 Å². The lowest BCUT2D eigenvalue weighted by atomic mass is 9.79. The number of amides is 1. The Morgan fingerprint density at radius 3 is 2.81 bits per heavy atom. The van der Waals surface area contributed by atoms with Crippen LogP contribution in [0.1, 0.15) is 25.0 Å². The number of hydrogen-bond donors (Lipinski definition) is 1. The van der Waals surface area contributed by atoms with E-state index in [1.807, 2.05) is 12.1 Å². The second-order valence-electron chi connectivity index (χ2n) is 7.07. The molecule has 2 heterocycles. The van der Waals surface area contributed by atoms with E-state index < -0.39 is 11.6 Å². The van der Waals surface area contributed by atoms with Crippen LogP contribution in [0.4, 0.5) is 0 Å². The molecule has 1 N–H and O–H groups in total. The van der Waals surface area contributed by atoms with Gasteiger partial charge in [0.15, 0.2) is 5.60 Å². The number of aliphatic hydroxyl groups excluding tert-OH is 1. The van der Waals surface area contributed by atoms with Gasteiger partial charge in [-0.1, -0.05) is 12.8 Å². The number of rotatable bonds is 12. The Labute approximate surface area is 159 Å². The SMILES string of the molecule is COCOC1(Cc2cc(OCCC3CC3)ccn2)C(=O)N(COC)C1CO. The van der Waals surface area contributed by atoms with Crippen LogP contribution in [-0.2, 0) is 25.4 Å². The fourth-order valence-corrected chi connectivity index (χ4v) is 3.47. The van der Waals surface area contributed by atoms with E-state index in [2.05, 4.69) is 4.98 Å². The lowest BCUT2D eigenvalue weighted by molar-refractivity contribution is -0.237. The molecular weight excluding hydrogens is 352 g/mol. The van der Waals surface area contributed by atoms with Crippen LogP contribution >= 0.6 is 0 Å². The maximum absolute atomic E-state index is 12.8. The molecule has 3 rings (SSSR count). The summed E-state index contributed by atoms with van der Waals surface area (Å²) in [4.78, 5) is 18.6. The van der Waals surface area contributed by atoms with E-state index in [1.54, 1.807) is 6.20 Å². The average molecular weight is 380 g/mol. The molecule has 0 bridgehead atoms. The molecule has 8 nitrogen and oxygen atoms in total. The smallest absolute Gasteiger partial charge is 0.259 e. The zero-order valence-electron chi connectivity index (χ0n) is 15.9. The number of β-lactam (4-membered cyclic amide) rings is 1. The summed E-state index contributed by atoms with van der Waals surface area (Å²) in [6.45, 7) is 0.482. The highest BCUT2D eigenvalue weighted by atomic mass is 16.7. The van der Waals surface area contributed by atoms with Gasteiger partial charge in [-0.2, -0.15) is 0 Å². The zero-order valence-corrected chi connectivity index (χ0v) is 15.9. The molecule has 2 atom stereocenters. The van der Waals surface area contributed by atoms with Crippen LogP contribution in [0.2, 0.25) is 0 Å². The Morgan fingerprint density at radius 1 is 1.33 bits per heavy atom. The molecule has 1 amide bonds. The van der Waals surface area contributed by atoms with Crippen LogP contribution < -0.4 is 4.74 Å². The summed E-state index contributed by atoms with van der Waals surface area (Å²) < 4.78 is 21.6. The number of aliphatic hydroxyl groups is 1. The summed E-state index contributed by atoms with van der Waals surface area (Å²) >= 11 is 0. The first kappa shape index (κ1) is 20.0. The summed E-state index contributed by atoms with van der Waals surface area (Å²) in [5.74, 6) is 1.28. The van der Waals surface area contributed by atoms with E-state index in [0.717, 1.165) is 18.1 Å². The first-order chi connectivity index (χ1) is 13.1. The molecule has 1 saturated heterocycles. The molecule has 1 aromatic heterocycles. The van der Waals surface area contributed by atoms with Crippen LogP contribution in [0.3, 0.4) is 0 Å². The Balaban J connectivity index is 1.71. The first-order valence-corrected chi connectivity index (χ1v) is 9.26. The van der Waals surface area contributed by atoms with Gasteiger partial charge >= 0.3 is 0 Å². The van der Waals surface area contributed by atoms with Gasteiger partial charge in [0, 0.05) is 38.6 Å². The second-order valence-corrected chi connectivity index (χ2v) is 7.07. The molecule has 0 radical (unpaired) electrons. The molecule has 150 valence electrons. The minimum absolute atomic E-state index is 0.0549. The Bertz CT molecular complexity index is 638. The van der Waals surface area contributed by atoms with Gasteiger partial charge in [-0.3, -0.25) is 9.78 Å². The maximum Gasteiger partial charge on any atom is 0.259 e. The van der Waals surface area contributed by atoms with Crippen molar-refractivity contribution >= 4 is 5.91 Å². The van der Waals surface area contributed by atoms with Crippen molar-refractivity contribution in [2.24, 2.45) is 5.92 Å². The number of pyridine rings is 1. The van der Waals surface area contributed by atoms with Crippen molar-refractivity contribution in [3.8, 4) is 5.75 Å². The van der Waals surface area contributed by atoms with Gasteiger partial charge in [0.05, 0.1) is 19.3 Å². The number of ether oxygens (including phenoxy) is 4. The van der Waals surface area contributed by atoms with Gasteiger partial charge in [-0.15, -0.1) is 0 Å². The van der Waals surface area contributed by atoms with E-state index in [4.69, 9.17) is 18.9 Å². The number of methoxy groups -OCH3 is 2. The largest absolute Gasteiger partial charge is 0.493 e. The highest BCUT2D eigenvalue weighted by Crippen LogP contribution is 2.38. The molecule has 1 saturated carbocycles. The van der Waals surface area contributed by atoms with Gasteiger partial charge in [0.25, 0.3) is 5.91 Å². The lowest BCUT2D eigenvalue weighted by Gasteiger charge is -2.54. The number of carbonyl (C=O) groups is 1. The molecule has 2 unspecified atom stereocenters. The summed E-state index contributed by atoms with van der Waals surface area (Å²) in [7, 11) is 2.99. The number of nitrogens with zero attached hydrogens (tertiary/aromatic N) is 2. The highest BCUT2D eigenvalue weighted by molar-refractivity contribution is 5.93. The summed E-state index contributed by atoms with van der Waals surface area (Å²) in [5.41, 5.74) is -0.554. The van der Waals surface area contributed by atoms with E-state index in [1.165, 1.54) is 32.0 Å². The predicted octanol–water partition coefficient (Wildman–Crippen LogP) is 0.969. The molecule has 1 aliphatic heterocycles. The van der Waals surface area contributed by atoms with Gasteiger partial charge < -0.3 is 29.0 Å². The van der Waals surface area contributed by atoms with E-state index in [9.17, 15) is 9.90 Å². The average Bonchev–Trinajstić information content (AvgIpc) is 3.50. The maximum atomic E-state index is 12.8. The van der Waals surface area contributed by atoms with Crippen molar-refractivity contribution < 1.29 is 28.8 Å². The molecule has 2 aliphatic rings. The number of carbonyl (C=O) groups excluding carboxylic acids is 1. The van der Waals surface area contributed by atoms with Crippen molar-refractivity contribution in [1.82, 2.24) is 9.88 Å². The Morgan fingerprint density at radius 2 is 2.15 bits per heavy atom. The van der Waals surface area contributed by atoms with Crippen molar-refractivity contribution in [3.63, 3.8) is 0 Å². The van der Waals surface area contributed by atoms with Gasteiger partial charge in [-0.25, -0.2) is 0 Å².